The van der Waals surface area contributed by atoms with Gasteiger partial charge in [0, 0.05) is 12.2 Å². The van der Waals surface area contributed by atoms with E-state index in [-0.39, 0.29) is 23.3 Å². The number of nitrogens with one attached hydrogen (secondary N) is 2. The number of aryl methyl sites for hydroxylation is 1. The van der Waals surface area contributed by atoms with Crippen molar-refractivity contribution in [3.05, 3.63) is 51.9 Å². The number of benzene rings is 1. The summed E-state index contributed by atoms with van der Waals surface area (Å²) < 4.78 is 6.74. The molecule has 0 spiro atoms. The number of hydrogen-bond donors (Lipinski definition) is 2. The minimum Gasteiger partial charge on any atom is -0.497 e. The quantitative estimate of drug-likeness (QED) is 0.470. The average Bonchev–Trinajstić information content (AvgIpc) is 3.07. The molecular weight excluding hydrogens is 376 g/mol. The van der Waals surface area contributed by atoms with Crippen LogP contribution in [0.5, 0.6) is 5.75 Å². The fraction of sp³-hybridized carbons (Fsp3) is 0.350. The Hall–Kier alpha value is -2.74. The van der Waals surface area contributed by atoms with E-state index in [0.29, 0.717) is 22.7 Å². The Morgan fingerprint density at radius 2 is 2.07 bits per heavy atom. The standard InChI is InChI=1S/C20H24N4O3S/c1-5-24-19(26)18-16(10-12(2)21-18)23-20(24)28-11-17(25)22-13(3)14-6-8-15(27-4)9-7-14/h6-10,13,21H,5,11H2,1-4H3,(H,22,25)/t13-/m1/s1. The van der Waals surface area contributed by atoms with Gasteiger partial charge in [0.25, 0.3) is 5.56 Å². The fourth-order valence-corrected chi connectivity index (χ4v) is 3.86. The molecule has 0 aliphatic heterocycles. The van der Waals surface area contributed by atoms with Crippen LogP contribution in [0, 0.1) is 6.92 Å². The first-order valence-corrected chi connectivity index (χ1v) is 10.1. The summed E-state index contributed by atoms with van der Waals surface area (Å²) in [4.78, 5) is 32.6. The number of amides is 1. The average molecular weight is 401 g/mol. The lowest BCUT2D eigenvalue weighted by molar-refractivity contribution is -0.119. The van der Waals surface area contributed by atoms with Crippen LogP contribution in [-0.4, -0.2) is 33.3 Å². The number of hydrogen-bond acceptors (Lipinski definition) is 5. The first-order chi connectivity index (χ1) is 13.4. The minimum atomic E-state index is -0.130. The third kappa shape index (κ3) is 4.22. The zero-order chi connectivity index (χ0) is 20.3. The van der Waals surface area contributed by atoms with E-state index in [9.17, 15) is 9.59 Å². The van der Waals surface area contributed by atoms with Crippen molar-refractivity contribution in [2.24, 2.45) is 0 Å². The number of H-pyrrole nitrogens is 1. The molecule has 2 aromatic heterocycles. The van der Waals surface area contributed by atoms with E-state index in [0.717, 1.165) is 17.0 Å². The molecule has 1 amide bonds. The monoisotopic (exact) mass is 400 g/mol. The van der Waals surface area contributed by atoms with E-state index in [2.05, 4.69) is 15.3 Å². The fourth-order valence-electron chi connectivity index (χ4n) is 2.99. The highest BCUT2D eigenvalue weighted by atomic mass is 32.2. The van der Waals surface area contributed by atoms with Crippen LogP contribution in [0.1, 0.15) is 31.1 Å². The second kappa shape index (κ2) is 8.52. The second-order valence-electron chi connectivity index (χ2n) is 6.51. The van der Waals surface area contributed by atoms with Gasteiger partial charge in [-0.15, -0.1) is 0 Å². The van der Waals surface area contributed by atoms with Gasteiger partial charge < -0.3 is 15.0 Å². The van der Waals surface area contributed by atoms with Gasteiger partial charge in [0.05, 0.1) is 24.4 Å². The molecule has 148 valence electrons. The number of ether oxygens (including phenoxy) is 1. The number of thioether (sulfide) groups is 1. The van der Waals surface area contributed by atoms with Crippen LogP contribution in [0.3, 0.4) is 0 Å². The molecule has 0 radical (unpaired) electrons. The third-order valence-electron chi connectivity index (χ3n) is 4.48. The number of carbonyl (C=O) groups is 1. The van der Waals surface area contributed by atoms with Crippen molar-refractivity contribution in [3.63, 3.8) is 0 Å². The van der Waals surface area contributed by atoms with Crippen molar-refractivity contribution in [2.75, 3.05) is 12.9 Å². The van der Waals surface area contributed by atoms with Crippen molar-refractivity contribution in [1.82, 2.24) is 19.9 Å². The Kier molecular flexibility index (Phi) is 6.08. The highest BCUT2D eigenvalue weighted by Gasteiger charge is 2.15. The molecule has 1 atom stereocenters. The van der Waals surface area contributed by atoms with Gasteiger partial charge in [0.15, 0.2) is 5.16 Å². The molecule has 8 heteroatoms. The van der Waals surface area contributed by atoms with E-state index in [1.165, 1.54) is 11.8 Å². The van der Waals surface area contributed by atoms with Gasteiger partial charge in [-0.25, -0.2) is 4.98 Å². The van der Waals surface area contributed by atoms with E-state index >= 15 is 0 Å². The maximum atomic E-state index is 12.6. The molecule has 2 N–H and O–H groups in total. The molecule has 0 saturated carbocycles. The van der Waals surface area contributed by atoms with Crippen LogP contribution in [0.4, 0.5) is 0 Å². The van der Waals surface area contributed by atoms with Crippen molar-refractivity contribution >= 4 is 28.7 Å². The van der Waals surface area contributed by atoms with E-state index < -0.39 is 0 Å². The summed E-state index contributed by atoms with van der Waals surface area (Å²) >= 11 is 1.27. The number of fused-ring (bicyclic) bond motifs is 1. The Bertz CT molecular complexity index is 1040. The van der Waals surface area contributed by atoms with Crippen LogP contribution >= 0.6 is 11.8 Å². The van der Waals surface area contributed by atoms with Crippen molar-refractivity contribution in [1.29, 1.82) is 0 Å². The lowest BCUT2D eigenvalue weighted by Crippen LogP contribution is -2.29. The molecule has 0 aliphatic rings. The summed E-state index contributed by atoms with van der Waals surface area (Å²) in [5.74, 6) is 0.842. The van der Waals surface area contributed by atoms with Crippen LogP contribution in [0.2, 0.25) is 0 Å². The summed E-state index contributed by atoms with van der Waals surface area (Å²) in [6, 6.07) is 9.29. The number of rotatable bonds is 7. The molecule has 0 fully saturated rings. The van der Waals surface area contributed by atoms with Gasteiger partial charge in [-0.3, -0.25) is 14.2 Å². The van der Waals surface area contributed by atoms with Crippen molar-refractivity contribution in [2.45, 2.75) is 38.5 Å². The number of aromatic amines is 1. The van der Waals surface area contributed by atoms with Gasteiger partial charge >= 0.3 is 0 Å². The summed E-state index contributed by atoms with van der Waals surface area (Å²) in [7, 11) is 1.62. The molecular formula is C20H24N4O3S. The third-order valence-corrected chi connectivity index (χ3v) is 5.46. The van der Waals surface area contributed by atoms with E-state index in [1.54, 1.807) is 11.7 Å². The summed E-state index contributed by atoms with van der Waals surface area (Å²) in [6.45, 7) is 6.20. The molecule has 3 aromatic rings. The van der Waals surface area contributed by atoms with Gasteiger partial charge in [0.1, 0.15) is 11.3 Å². The van der Waals surface area contributed by atoms with Crippen LogP contribution < -0.4 is 15.6 Å². The predicted molar refractivity (Wildman–Crippen MR) is 111 cm³/mol. The number of methoxy groups -OCH3 is 1. The predicted octanol–water partition coefficient (Wildman–Crippen LogP) is 3.03. The number of nitrogens with zero attached hydrogens (tertiary/aromatic N) is 2. The Labute approximate surface area is 167 Å². The zero-order valence-corrected chi connectivity index (χ0v) is 17.2. The lowest BCUT2D eigenvalue weighted by Gasteiger charge is -2.15. The maximum absolute atomic E-state index is 12.6. The molecule has 1 aromatic carbocycles. The van der Waals surface area contributed by atoms with Gasteiger partial charge in [-0.2, -0.15) is 0 Å². The van der Waals surface area contributed by atoms with Gasteiger partial charge in [-0.05, 0) is 44.5 Å². The topological polar surface area (TPSA) is 89.0 Å². The summed E-state index contributed by atoms with van der Waals surface area (Å²) in [5.41, 5.74) is 2.89. The molecule has 28 heavy (non-hydrogen) atoms. The van der Waals surface area contributed by atoms with Crippen LogP contribution in [-0.2, 0) is 11.3 Å². The summed E-state index contributed by atoms with van der Waals surface area (Å²) in [5, 5.41) is 3.52. The number of carbonyl (C=O) groups excluding carboxylic acids is 1. The summed E-state index contributed by atoms with van der Waals surface area (Å²) in [6.07, 6.45) is 0. The molecule has 0 saturated heterocycles. The van der Waals surface area contributed by atoms with E-state index in [1.807, 2.05) is 51.1 Å². The zero-order valence-electron chi connectivity index (χ0n) is 16.4. The highest BCUT2D eigenvalue weighted by molar-refractivity contribution is 7.99. The van der Waals surface area contributed by atoms with Crippen LogP contribution in [0.15, 0.2) is 40.3 Å². The minimum absolute atomic E-state index is 0.115. The molecule has 0 bridgehead atoms. The molecule has 0 unspecified atom stereocenters. The maximum Gasteiger partial charge on any atom is 0.278 e. The van der Waals surface area contributed by atoms with Crippen LogP contribution in [0.25, 0.3) is 11.0 Å². The highest BCUT2D eigenvalue weighted by Crippen LogP contribution is 2.20. The molecule has 7 nitrogen and oxygen atoms in total. The number of aromatic nitrogens is 3. The second-order valence-corrected chi connectivity index (χ2v) is 7.45. The molecule has 3 rings (SSSR count). The largest absolute Gasteiger partial charge is 0.497 e. The smallest absolute Gasteiger partial charge is 0.278 e. The first-order valence-electron chi connectivity index (χ1n) is 9.09. The van der Waals surface area contributed by atoms with E-state index in [4.69, 9.17) is 4.74 Å². The lowest BCUT2D eigenvalue weighted by atomic mass is 10.1. The van der Waals surface area contributed by atoms with Gasteiger partial charge in [0.2, 0.25) is 5.91 Å². The Balaban J connectivity index is 1.69. The Morgan fingerprint density at radius 1 is 1.36 bits per heavy atom. The Morgan fingerprint density at radius 3 is 2.71 bits per heavy atom. The first kappa shape index (κ1) is 20.0. The normalized spacial score (nSPS) is 12.1. The van der Waals surface area contributed by atoms with Crippen molar-refractivity contribution in [3.8, 4) is 5.75 Å². The molecule has 2 heterocycles. The SMILES string of the molecule is CCn1c(SCC(=O)N[C@H](C)c2ccc(OC)cc2)nc2cc(C)[nH]c2c1=O. The van der Waals surface area contributed by atoms with Gasteiger partial charge in [-0.1, -0.05) is 23.9 Å². The molecule has 0 aliphatic carbocycles. The van der Waals surface area contributed by atoms with Crippen molar-refractivity contribution < 1.29 is 9.53 Å².